The van der Waals surface area contributed by atoms with E-state index >= 15 is 0 Å². The zero-order valence-electron chi connectivity index (χ0n) is 10.7. The Morgan fingerprint density at radius 3 is 2.69 bits per heavy atom. The van der Waals surface area contributed by atoms with Gasteiger partial charge in [0.15, 0.2) is 0 Å². The fourth-order valence-corrected chi connectivity index (χ4v) is 3.06. The number of rotatable bonds is 3. The molecular formula is C14H25NO. The van der Waals surface area contributed by atoms with Crippen LogP contribution in [0.2, 0.25) is 0 Å². The molecule has 0 aromatic rings. The summed E-state index contributed by atoms with van der Waals surface area (Å²) in [6.07, 6.45) is 7.61. The first-order chi connectivity index (χ1) is 7.77. The van der Waals surface area contributed by atoms with Crippen molar-refractivity contribution in [3.63, 3.8) is 0 Å². The number of hydrogen-bond acceptors (Lipinski definition) is 2. The van der Waals surface area contributed by atoms with Gasteiger partial charge < -0.3 is 10.1 Å². The Morgan fingerprint density at radius 1 is 1.31 bits per heavy atom. The smallest absolute Gasteiger partial charge is 0.0689 e. The van der Waals surface area contributed by atoms with E-state index in [1.807, 2.05) is 0 Å². The highest BCUT2D eigenvalue weighted by atomic mass is 16.5. The van der Waals surface area contributed by atoms with Gasteiger partial charge in [-0.1, -0.05) is 26.3 Å². The van der Waals surface area contributed by atoms with Crippen LogP contribution in [0.3, 0.4) is 0 Å². The average Bonchev–Trinajstić information content (AvgIpc) is 2.30. The lowest BCUT2D eigenvalue weighted by Crippen LogP contribution is -2.43. The van der Waals surface area contributed by atoms with Crippen molar-refractivity contribution in [2.75, 3.05) is 19.8 Å². The molecule has 1 heterocycles. The van der Waals surface area contributed by atoms with Crippen LogP contribution in [0.5, 0.6) is 0 Å². The van der Waals surface area contributed by atoms with Crippen LogP contribution in [-0.2, 0) is 4.74 Å². The molecule has 2 atom stereocenters. The summed E-state index contributed by atoms with van der Waals surface area (Å²) in [4.78, 5) is 0. The van der Waals surface area contributed by atoms with Crippen LogP contribution in [-0.4, -0.2) is 25.8 Å². The maximum atomic E-state index is 5.47. The van der Waals surface area contributed by atoms with Crippen LogP contribution in [0.1, 0.15) is 39.5 Å². The summed E-state index contributed by atoms with van der Waals surface area (Å²) in [7, 11) is 0. The predicted molar refractivity (Wildman–Crippen MR) is 67.5 cm³/mol. The molecule has 0 aromatic carbocycles. The van der Waals surface area contributed by atoms with Crippen LogP contribution >= 0.6 is 0 Å². The summed E-state index contributed by atoms with van der Waals surface area (Å²) >= 11 is 0. The van der Waals surface area contributed by atoms with Crippen molar-refractivity contribution in [3.05, 3.63) is 11.6 Å². The molecule has 1 saturated carbocycles. The molecule has 0 spiro atoms. The molecule has 1 aliphatic carbocycles. The van der Waals surface area contributed by atoms with Crippen molar-refractivity contribution in [2.45, 2.75) is 45.6 Å². The lowest BCUT2D eigenvalue weighted by atomic mass is 9.78. The van der Waals surface area contributed by atoms with E-state index in [-0.39, 0.29) is 0 Å². The van der Waals surface area contributed by atoms with Crippen molar-refractivity contribution in [1.29, 1.82) is 0 Å². The van der Waals surface area contributed by atoms with Gasteiger partial charge in [-0.2, -0.15) is 0 Å². The van der Waals surface area contributed by atoms with Gasteiger partial charge in [-0.3, -0.25) is 0 Å². The molecule has 0 saturated heterocycles. The van der Waals surface area contributed by atoms with Gasteiger partial charge in [0.05, 0.1) is 13.2 Å². The van der Waals surface area contributed by atoms with Crippen LogP contribution in [0.25, 0.3) is 0 Å². The Morgan fingerprint density at radius 2 is 2.06 bits per heavy atom. The summed E-state index contributed by atoms with van der Waals surface area (Å²) in [5.41, 5.74) is 1.44. The monoisotopic (exact) mass is 223 g/mol. The van der Waals surface area contributed by atoms with E-state index in [1.165, 1.54) is 24.8 Å². The molecule has 1 aliphatic heterocycles. The van der Waals surface area contributed by atoms with E-state index in [4.69, 9.17) is 4.74 Å². The van der Waals surface area contributed by atoms with Crippen LogP contribution in [0, 0.1) is 11.8 Å². The molecular weight excluding hydrogens is 198 g/mol. The van der Waals surface area contributed by atoms with E-state index in [1.54, 1.807) is 0 Å². The molecule has 1 N–H and O–H groups in total. The Hall–Kier alpha value is -0.340. The maximum Gasteiger partial charge on any atom is 0.0689 e. The third kappa shape index (κ3) is 3.08. The fourth-order valence-electron chi connectivity index (χ4n) is 3.06. The molecule has 0 bridgehead atoms. The SMILES string of the molecule is CC1CCCC(C)C1NCC1=CCCOC1. The fraction of sp³-hybridized carbons (Fsp3) is 0.857. The Balaban J connectivity index is 1.81. The third-order valence-electron chi connectivity index (χ3n) is 4.09. The van der Waals surface area contributed by atoms with E-state index in [2.05, 4.69) is 25.2 Å². The standard InChI is InChI=1S/C14H25NO/c1-11-5-3-6-12(2)14(11)15-9-13-7-4-8-16-10-13/h7,11-12,14-15H,3-6,8-10H2,1-2H3. The molecule has 2 nitrogen and oxygen atoms in total. The lowest BCUT2D eigenvalue weighted by molar-refractivity contribution is 0.145. The van der Waals surface area contributed by atoms with Gasteiger partial charge in [-0.05, 0) is 36.7 Å². The second-order valence-corrected chi connectivity index (χ2v) is 5.50. The molecule has 0 aromatic heterocycles. The Bertz CT molecular complexity index is 239. The van der Waals surface area contributed by atoms with Gasteiger partial charge in [0.1, 0.15) is 0 Å². The highest BCUT2D eigenvalue weighted by Crippen LogP contribution is 2.28. The summed E-state index contributed by atoms with van der Waals surface area (Å²) in [5, 5.41) is 3.74. The van der Waals surface area contributed by atoms with E-state index in [0.29, 0.717) is 6.04 Å². The molecule has 0 amide bonds. The quantitative estimate of drug-likeness (QED) is 0.743. The molecule has 16 heavy (non-hydrogen) atoms. The minimum Gasteiger partial charge on any atom is -0.377 e. The molecule has 2 rings (SSSR count). The van der Waals surface area contributed by atoms with Crippen LogP contribution in [0.4, 0.5) is 0 Å². The van der Waals surface area contributed by atoms with Crippen molar-refractivity contribution < 1.29 is 4.74 Å². The number of nitrogens with one attached hydrogen (secondary N) is 1. The van der Waals surface area contributed by atoms with Crippen molar-refractivity contribution in [1.82, 2.24) is 5.32 Å². The first kappa shape index (κ1) is 12.1. The van der Waals surface area contributed by atoms with Gasteiger partial charge in [-0.25, -0.2) is 0 Å². The maximum absolute atomic E-state index is 5.47. The first-order valence-electron chi connectivity index (χ1n) is 6.76. The highest BCUT2D eigenvalue weighted by Gasteiger charge is 2.27. The average molecular weight is 223 g/mol. The van der Waals surface area contributed by atoms with Gasteiger partial charge >= 0.3 is 0 Å². The predicted octanol–water partition coefficient (Wildman–Crippen LogP) is 2.75. The normalized spacial score (nSPS) is 35.9. The van der Waals surface area contributed by atoms with Gasteiger partial charge in [0.25, 0.3) is 0 Å². The second kappa shape index (κ2) is 5.83. The van der Waals surface area contributed by atoms with Crippen LogP contribution < -0.4 is 5.32 Å². The zero-order valence-corrected chi connectivity index (χ0v) is 10.7. The van der Waals surface area contributed by atoms with Gasteiger partial charge in [0.2, 0.25) is 0 Å². The lowest BCUT2D eigenvalue weighted by Gasteiger charge is -2.35. The summed E-state index contributed by atoms with van der Waals surface area (Å²) in [6.45, 7) is 7.54. The summed E-state index contributed by atoms with van der Waals surface area (Å²) in [6, 6.07) is 0.705. The zero-order chi connectivity index (χ0) is 11.4. The molecule has 0 radical (unpaired) electrons. The Kier molecular flexibility index (Phi) is 4.42. The van der Waals surface area contributed by atoms with E-state index < -0.39 is 0 Å². The molecule has 2 heteroatoms. The number of hydrogen-bond donors (Lipinski definition) is 1. The Labute approximate surface area is 99.4 Å². The minimum atomic E-state index is 0.705. The first-order valence-corrected chi connectivity index (χ1v) is 6.76. The van der Waals surface area contributed by atoms with Gasteiger partial charge in [0, 0.05) is 12.6 Å². The van der Waals surface area contributed by atoms with E-state index in [9.17, 15) is 0 Å². The molecule has 2 aliphatic rings. The minimum absolute atomic E-state index is 0.705. The second-order valence-electron chi connectivity index (χ2n) is 5.50. The van der Waals surface area contributed by atoms with Crippen molar-refractivity contribution >= 4 is 0 Å². The molecule has 2 unspecified atom stereocenters. The third-order valence-corrected chi connectivity index (χ3v) is 4.09. The van der Waals surface area contributed by atoms with Crippen molar-refractivity contribution in [2.24, 2.45) is 11.8 Å². The van der Waals surface area contributed by atoms with E-state index in [0.717, 1.165) is 38.0 Å². The largest absolute Gasteiger partial charge is 0.377 e. The van der Waals surface area contributed by atoms with Crippen LogP contribution in [0.15, 0.2) is 11.6 Å². The van der Waals surface area contributed by atoms with Gasteiger partial charge in [-0.15, -0.1) is 0 Å². The highest BCUT2D eigenvalue weighted by molar-refractivity contribution is 5.07. The molecule has 1 fully saturated rings. The van der Waals surface area contributed by atoms with Crippen molar-refractivity contribution in [3.8, 4) is 0 Å². The topological polar surface area (TPSA) is 21.3 Å². The number of ether oxygens (including phenoxy) is 1. The summed E-state index contributed by atoms with van der Waals surface area (Å²) < 4.78 is 5.47. The summed E-state index contributed by atoms with van der Waals surface area (Å²) in [5.74, 6) is 1.66. The molecule has 92 valence electrons.